The van der Waals surface area contributed by atoms with Crippen molar-refractivity contribution < 1.29 is 0 Å². The Morgan fingerprint density at radius 1 is 1.37 bits per heavy atom. The maximum Gasteiger partial charge on any atom is 0.0469 e. The summed E-state index contributed by atoms with van der Waals surface area (Å²) in [5.41, 5.74) is 3.47. The Balaban J connectivity index is 1.80. The Morgan fingerprint density at radius 2 is 2.16 bits per heavy atom. The third kappa shape index (κ3) is 2.52. The summed E-state index contributed by atoms with van der Waals surface area (Å²) >= 11 is 0. The van der Waals surface area contributed by atoms with Crippen molar-refractivity contribution in [2.24, 2.45) is 5.92 Å². The topological polar surface area (TPSA) is 19.0 Å². The minimum atomic E-state index is 0.886. The molecule has 0 radical (unpaired) electrons. The molecule has 98 valence electrons. The zero-order chi connectivity index (χ0) is 13.2. The predicted molar refractivity (Wildman–Crippen MR) is 79.9 cm³/mol. The molecule has 2 aromatic rings. The molecule has 1 aliphatic heterocycles. The minimum absolute atomic E-state index is 0.886. The van der Waals surface area contributed by atoms with Crippen molar-refractivity contribution in [2.75, 3.05) is 13.1 Å². The zero-order valence-electron chi connectivity index (χ0n) is 11.4. The highest BCUT2D eigenvalue weighted by Crippen LogP contribution is 2.23. The van der Waals surface area contributed by atoms with Gasteiger partial charge >= 0.3 is 0 Å². The van der Waals surface area contributed by atoms with Gasteiger partial charge < -0.3 is 4.98 Å². The summed E-state index contributed by atoms with van der Waals surface area (Å²) in [6, 6.07) is 6.22. The Morgan fingerprint density at radius 3 is 2.89 bits per heavy atom. The summed E-state index contributed by atoms with van der Waals surface area (Å²) in [5.74, 6) is 3.57. The van der Waals surface area contributed by atoms with Crippen LogP contribution < -0.4 is 0 Å². The van der Waals surface area contributed by atoms with Crippen molar-refractivity contribution in [3.8, 4) is 12.3 Å². The van der Waals surface area contributed by atoms with E-state index in [0.717, 1.165) is 23.5 Å². The normalized spacial score (nSPS) is 17.7. The second kappa shape index (κ2) is 5.11. The Bertz CT molecular complexity index is 610. The number of nitrogens with one attached hydrogen (secondary N) is 1. The lowest BCUT2D eigenvalue weighted by molar-refractivity contribution is 0.186. The molecule has 0 spiro atoms. The quantitative estimate of drug-likeness (QED) is 0.812. The van der Waals surface area contributed by atoms with Gasteiger partial charge in [0.1, 0.15) is 0 Å². The van der Waals surface area contributed by atoms with E-state index in [1.165, 1.54) is 36.9 Å². The molecular formula is C17H20N2. The van der Waals surface area contributed by atoms with Gasteiger partial charge in [0.05, 0.1) is 0 Å². The Hall–Kier alpha value is -1.72. The van der Waals surface area contributed by atoms with Gasteiger partial charge in [-0.25, -0.2) is 0 Å². The van der Waals surface area contributed by atoms with Gasteiger partial charge in [0.2, 0.25) is 0 Å². The number of rotatable bonds is 2. The predicted octanol–water partition coefficient (Wildman–Crippen LogP) is 3.38. The summed E-state index contributed by atoms with van der Waals surface area (Å²) in [6.45, 7) is 5.83. The van der Waals surface area contributed by atoms with Gasteiger partial charge in [0.15, 0.2) is 0 Å². The van der Waals surface area contributed by atoms with Crippen molar-refractivity contribution in [3.05, 3.63) is 35.5 Å². The number of nitrogens with zero attached hydrogens (tertiary/aromatic N) is 1. The van der Waals surface area contributed by atoms with Crippen LogP contribution in [0.25, 0.3) is 10.9 Å². The smallest absolute Gasteiger partial charge is 0.0469 e. The summed E-state index contributed by atoms with van der Waals surface area (Å²) in [5, 5.41) is 1.30. The summed E-state index contributed by atoms with van der Waals surface area (Å²) in [4.78, 5) is 5.89. The SMILES string of the molecule is C#Cc1ccc2c(CN3CCC(C)CC3)c[nH]c2c1. The number of likely N-dealkylation sites (tertiary alicyclic amines) is 1. The highest BCUT2D eigenvalue weighted by molar-refractivity contribution is 5.84. The van der Waals surface area contributed by atoms with E-state index in [1.54, 1.807) is 0 Å². The van der Waals surface area contributed by atoms with Crippen LogP contribution in [-0.4, -0.2) is 23.0 Å². The summed E-state index contributed by atoms with van der Waals surface area (Å²) in [7, 11) is 0. The maximum atomic E-state index is 5.44. The van der Waals surface area contributed by atoms with Gasteiger partial charge in [-0.1, -0.05) is 18.9 Å². The van der Waals surface area contributed by atoms with Crippen LogP contribution in [0.5, 0.6) is 0 Å². The molecule has 1 saturated heterocycles. The van der Waals surface area contributed by atoms with Crippen LogP contribution in [0.3, 0.4) is 0 Å². The van der Waals surface area contributed by atoms with Crippen LogP contribution in [0.2, 0.25) is 0 Å². The number of aromatic nitrogens is 1. The lowest BCUT2D eigenvalue weighted by atomic mass is 9.99. The fourth-order valence-electron chi connectivity index (χ4n) is 2.87. The molecular weight excluding hydrogens is 232 g/mol. The molecule has 1 N–H and O–H groups in total. The van der Waals surface area contributed by atoms with Crippen LogP contribution in [-0.2, 0) is 6.54 Å². The Labute approximate surface area is 114 Å². The van der Waals surface area contributed by atoms with E-state index >= 15 is 0 Å². The number of piperidine rings is 1. The molecule has 0 aliphatic carbocycles. The third-order valence-corrected chi connectivity index (χ3v) is 4.20. The van der Waals surface area contributed by atoms with Crippen molar-refractivity contribution in [2.45, 2.75) is 26.3 Å². The number of hydrogen-bond donors (Lipinski definition) is 1. The highest BCUT2D eigenvalue weighted by Gasteiger charge is 2.16. The first kappa shape index (κ1) is 12.3. The largest absolute Gasteiger partial charge is 0.361 e. The number of hydrogen-bond acceptors (Lipinski definition) is 1. The number of terminal acetylenes is 1. The van der Waals surface area contributed by atoms with E-state index < -0.39 is 0 Å². The molecule has 1 aromatic heterocycles. The van der Waals surface area contributed by atoms with Crippen molar-refractivity contribution in [1.82, 2.24) is 9.88 Å². The molecule has 2 nitrogen and oxygen atoms in total. The molecule has 3 rings (SSSR count). The van der Waals surface area contributed by atoms with E-state index in [2.05, 4.69) is 41.1 Å². The standard InChI is InChI=1S/C17H20N2/c1-3-14-4-5-16-15(11-18-17(16)10-14)12-19-8-6-13(2)7-9-19/h1,4-5,10-11,13,18H,6-9,12H2,2H3. The molecule has 1 aromatic carbocycles. The van der Waals surface area contributed by atoms with Gasteiger partial charge in [0.25, 0.3) is 0 Å². The molecule has 0 bridgehead atoms. The first-order valence-electron chi connectivity index (χ1n) is 7.05. The van der Waals surface area contributed by atoms with Crippen molar-refractivity contribution in [3.63, 3.8) is 0 Å². The molecule has 0 atom stereocenters. The maximum absolute atomic E-state index is 5.44. The molecule has 1 fully saturated rings. The van der Waals surface area contributed by atoms with Crippen LogP contribution in [0.15, 0.2) is 24.4 Å². The van der Waals surface area contributed by atoms with Crippen molar-refractivity contribution >= 4 is 10.9 Å². The number of H-pyrrole nitrogens is 1. The molecule has 0 saturated carbocycles. The number of fused-ring (bicyclic) bond motifs is 1. The highest BCUT2D eigenvalue weighted by atomic mass is 15.1. The molecule has 0 unspecified atom stereocenters. The summed E-state index contributed by atoms with van der Waals surface area (Å²) < 4.78 is 0. The number of benzene rings is 1. The van der Waals surface area contributed by atoms with Crippen LogP contribution in [0.1, 0.15) is 30.9 Å². The molecule has 2 heteroatoms. The van der Waals surface area contributed by atoms with Gasteiger partial charge in [-0.2, -0.15) is 0 Å². The first-order chi connectivity index (χ1) is 9.26. The van der Waals surface area contributed by atoms with E-state index in [9.17, 15) is 0 Å². The van der Waals surface area contributed by atoms with Crippen molar-refractivity contribution in [1.29, 1.82) is 0 Å². The van der Waals surface area contributed by atoms with Crippen LogP contribution in [0, 0.1) is 18.3 Å². The van der Waals surface area contributed by atoms with E-state index in [1.807, 2.05) is 6.07 Å². The Kier molecular flexibility index (Phi) is 3.31. The van der Waals surface area contributed by atoms with E-state index in [-0.39, 0.29) is 0 Å². The van der Waals surface area contributed by atoms with Gasteiger partial charge in [0, 0.05) is 29.2 Å². The minimum Gasteiger partial charge on any atom is -0.361 e. The fraction of sp³-hybridized carbons (Fsp3) is 0.412. The summed E-state index contributed by atoms with van der Waals surface area (Å²) in [6.07, 6.45) is 10.2. The van der Waals surface area contributed by atoms with Gasteiger partial charge in [-0.15, -0.1) is 6.42 Å². The average Bonchev–Trinajstić information content (AvgIpc) is 2.83. The fourth-order valence-corrected chi connectivity index (χ4v) is 2.87. The molecule has 1 aliphatic rings. The first-order valence-corrected chi connectivity index (χ1v) is 7.05. The second-order valence-corrected chi connectivity index (χ2v) is 5.68. The zero-order valence-corrected chi connectivity index (χ0v) is 11.4. The lowest BCUT2D eigenvalue weighted by Gasteiger charge is -2.29. The molecule has 19 heavy (non-hydrogen) atoms. The van der Waals surface area contributed by atoms with Crippen LogP contribution >= 0.6 is 0 Å². The average molecular weight is 252 g/mol. The number of aromatic amines is 1. The molecule has 2 heterocycles. The van der Waals surface area contributed by atoms with Crippen LogP contribution in [0.4, 0.5) is 0 Å². The van der Waals surface area contributed by atoms with Gasteiger partial charge in [-0.3, -0.25) is 4.90 Å². The molecule has 0 amide bonds. The monoisotopic (exact) mass is 252 g/mol. The second-order valence-electron chi connectivity index (χ2n) is 5.68. The van der Waals surface area contributed by atoms with E-state index in [4.69, 9.17) is 6.42 Å². The van der Waals surface area contributed by atoms with E-state index in [0.29, 0.717) is 0 Å². The van der Waals surface area contributed by atoms with Gasteiger partial charge in [-0.05, 0) is 49.5 Å². The third-order valence-electron chi connectivity index (χ3n) is 4.20. The lowest BCUT2D eigenvalue weighted by Crippen LogP contribution is -2.32.